The van der Waals surface area contributed by atoms with E-state index in [1.165, 1.54) is 6.20 Å². The van der Waals surface area contributed by atoms with E-state index >= 15 is 0 Å². The Morgan fingerprint density at radius 3 is 2.48 bits per heavy atom. The fourth-order valence-electron chi connectivity index (χ4n) is 2.51. The highest BCUT2D eigenvalue weighted by Gasteiger charge is 2.19. The Kier molecular flexibility index (Phi) is 5.60. The number of aryl methyl sites for hydroxylation is 1. The molecule has 1 aromatic carbocycles. The molecule has 0 saturated carbocycles. The molecule has 7 heteroatoms. The maximum absolute atomic E-state index is 12.5. The van der Waals surface area contributed by atoms with Crippen LogP contribution in [-0.4, -0.2) is 41.5 Å². The normalized spacial score (nSPS) is 11.8. The molecule has 2 rings (SSSR count). The van der Waals surface area contributed by atoms with Gasteiger partial charge in [-0.2, -0.15) is 5.26 Å². The number of aromatic nitrogens is 1. The number of carbonyl (C=O) groups is 2. The number of allylic oxidation sites excluding steroid dienone is 1. The molecule has 142 valence electrons. The maximum atomic E-state index is 12.5. The van der Waals surface area contributed by atoms with E-state index < -0.39 is 11.7 Å². The molecule has 0 unspecified atom stereocenters. The number of amides is 1. The largest absolute Gasteiger partial charge is 0.444 e. The number of hydrogen-bond donors (Lipinski definition) is 2. The first-order chi connectivity index (χ1) is 12.5. The van der Waals surface area contributed by atoms with Crippen LogP contribution in [0.2, 0.25) is 0 Å². The predicted molar refractivity (Wildman–Crippen MR) is 105 cm³/mol. The first-order valence-corrected chi connectivity index (χ1v) is 8.46. The average Bonchev–Trinajstić information content (AvgIpc) is 2.92. The average molecular weight is 368 g/mol. The van der Waals surface area contributed by atoms with E-state index in [9.17, 15) is 14.9 Å². The fourth-order valence-corrected chi connectivity index (χ4v) is 2.51. The predicted octanol–water partition coefficient (Wildman–Crippen LogP) is 3.98. The number of H-pyrrole nitrogens is 1. The van der Waals surface area contributed by atoms with Crippen LogP contribution in [0.25, 0.3) is 10.9 Å². The highest BCUT2D eigenvalue weighted by molar-refractivity contribution is 6.12. The lowest BCUT2D eigenvalue weighted by Gasteiger charge is -2.20. The maximum Gasteiger partial charge on any atom is 0.412 e. The molecule has 1 amide bonds. The number of aromatic amines is 1. The van der Waals surface area contributed by atoms with Gasteiger partial charge < -0.3 is 14.6 Å². The lowest BCUT2D eigenvalue weighted by atomic mass is 10.1. The van der Waals surface area contributed by atoms with Crippen molar-refractivity contribution in [2.45, 2.75) is 33.3 Å². The van der Waals surface area contributed by atoms with Gasteiger partial charge in [0.2, 0.25) is 5.78 Å². The first-order valence-electron chi connectivity index (χ1n) is 8.46. The topological polar surface area (TPSA) is 98.2 Å². The van der Waals surface area contributed by atoms with Gasteiger partial charge in [0, 0.05) is 36.9 Å². The number of carbonyl (C=O) groups excluding carboxylic acids is 2. The standard InChI is InChI=1S/C20H24N4O3/c1-12-7-13-8-17(18(25)14(10-21)11-24(5)6)22-16(13)9-15(12)23-19(26)27-20(2,3)4/h7-9,11,22H,1-6H3,(H,23,26)/b14-11+. The third-order valence-electron chi connectivity index (χ3n) is 3.60. The molecule has 0 aliphatic carbocycles. The van der Waals surface area contributed by atoms with Gasteiger partial charge in [0.15, 0.2) is 0 Å². The van der Waals surface area contributed by atoms with Crippen molar-refractivity contribution in [1.29, 1.82) is 5.26 Å². The zero-order valence-corrected chi connectivity index (χ0v) is 16.4. The molecule has 0 aliphatic rings. The van der Waals surface area contributed by atoms with Gasteiger partial charge in [0.25, 0.3) is 0 Å². The van der Waals surface area contributed by atoms with Crippen molar-refractivity contribution in [2.75, 3.05) is 19.4 Å². The number of rotatable bonds is 4. The summed E-state index contributed by atoms with van der Waals surface area (Å²) in [6.45, 7) is 7.23. The van der Waals surface area contributed by atoms with Crippen LogP contribution in [0.15, 0.2) is 30.0 Å². The minimum Gasteiger partial charge on any atom is -0.444 e. The van der Waals surface area contributed by atoms with Crippen molar-refractivity contribution in [3.8, 4) is 6.07 Å². The second-order valence-corrected chi connectivity index (χ2v) is 7.51. The molecule has 27 heavy (non-hydrogen) atoms. The van der Waals surface area contributed by atoms with Crippen LogP contribution in [0.3, 0.4) is 0 Å². The summed E-state index contributed by atoms with van der Waals surface area (Å²) in [5.74, 6) is -0.387. The highest BCUT2D eigenvalue weighted by atomic mass is 16.6. The molecule has 0 saturated heterocycles. The van der Waals surface area contributed by atoms with E-state index in [0.29, 0.717) is 16.9 Å². The van der Waals surface area contributed by atoms with Gasteiger partial charge in [-0.1, -0.05) is 0 Å². The number of anilines is 1. The minimum absolute atomic E-state index is 0.0374. The number of hydrogen-bond acceptors (Lipinski definition) is 5. The van der Waals surface area contributed by atoms with Crippen LogP contribution in [0.4, 0.5) is 10.5 Å². The van der Waals surface area contributed by atoms with E-state index in [1.807, 2.05) is 19.1 Å². The first kappa shape index (κ1) is 20.0. The Labute approximate surface area is 158 Å². The molecule has 0 radical (unpaired) electrons. The van der Waals surface area contributed by atoms with E-state index in [1.54, 1.807) is 51.9 Å². The number of fused-ring (bicyclic) bond motifs is 1. The molecule has 2 N–H and O–H groups in total. The van der Waals surface area contributed by atoms with Crippen LogP contribution in [0.5, 0.6) is 0 Å². The van der Waals surface area contributed by atoms with Crippen LogP contribution < -0.4 is 5.32 Å². The molecule has 0 atom stereocenters. The number of ketones is 1. The lowest BCUT2D eigenvalue weighted by molar-refractivity contribution is 0.0635. The van der Waals surface area contributed by atoms with E-state index in [-0.39, 0.29) is 11.4 Å². The summed E-state index contributed by atoms with van der Waals surface area (Å²) in [6, 6.07) is 7.22. The smallest absolute Gasteiger partial charge is 0.412 e. The summed E-state index contributed by atoms with van der Waals surface area (Å²) in [7, 11) is 3.49. The zero-order valence-electron chi connectivity index (χ0n) is 16.4. The number of ether oxygens (including phenoxy) is 1. The molecule has 0 fully saturated rings. The highest BCUT2D eigenvalue weighted by Crippen LogP contribution is 2.25. The lowest BCUT2D eigenvalue weighted by Crippen LogP contribution is -2.27. The van der Waals surface area contributed by atoms with Crippen LogP contribution >= 0.6 is 0 Å². The third kappa shape index (κ3) is 5.11. The van der Waals surface area contributed by atoms with Gasteiger partial charge in [-0.25, -0.2) is 4.79 Å². The van der Waals surface area contributed by atoms with Crippen molar-refractivity contribution in [3.63, 3.8) is 0 Å². The van der Waals surface area contributed by atoms with Crippen molar-refractivity contribution in [1.82, 2.24) is 9.88 Å². The van der Waals surface area contributed by atoms with Gasteiger partial charge in [0.05, 0.1) is 5.69 Å². The van der Waals surface area contributed by atoms with Gasteiger partial charge in [-0.3, -0.25) is 10.1 Å². The summed E-state index contributed by atoms with van der Waals surface area (Å²) in [6.07, 6.45) is 0.933. The molecule has 0 aliphatic heterocycles. The number of nitrogens with zero attached hydrogens (tertiary/aromatic N) is 2. The van der Waals surface area contributed by atoms with Crippen molar-refractivity contribution < 1.29 is 14.3 Å². The monoisotopic (exact) mass is 368 g/mol. The van der Waals surface area contributed by atoms with Gasteiger partial charge in [0.1, 0.15) is 17.2 Å². The minimum atomic E-state index is -0.597. The summed E-state index contributed by atoms with van der Waals surface area (Å²) in [4.78, 5) is 29.2. The zero-order chi connectivity index (χ0) is 20.4. The van der Waals surface area contributed by atoms with Gasteiger partial charge >= 0.3 is 6.09 Å². The molecular formula is C20H24N4O3. The Bertz CT molecular complexity index is 956. The van der Waals surface area contributed by atoms with Crippen LogP contribution in [0, 0.1) is 18.3 Å². The summed E-state index contributed by atoms with van der Waals surface area (Å²) in [5.41, 5.74) is 1.85. The Hall–Kier alpha value is -3.27. The van der Waals surface area contributed by atoms with Crippen molar-refractivity contribution >= 4 is 28.5 Å². The Balaban J connectivity index is 2.34. The third-order valence-corrected chi connectivity index (χ3v) is 3.60. The molecule has 2 aromatic rings. The molecule has 7 nitrogen and oxygen atoms in total. The molecular weight excluding hydrogens is 344 g/mol. The van der Waals surface area contributed by atoms with E-state index in [4.69, 9.17) is 4.74 Å². The second kappa shape index (κ2) is 7.54. The van der Waals surface area contributed by atoms with Gasteiger partial charge in [-0.15, -0.1) is 0 Å². The number of nitrogens with one attached hydrogen (secondary N) is 2. The SMILES string of the molecule is Cc1cc2cc(C(=O)/C(C#N)=C/N(C)C)[nH]c2cc1NC(=O)OC(C)(C)C. The quantitative estimate of drug-likeness (QED) is 0.483. The van der Waals surface area contributed by atoms with Crippen LogP contribution in [-0.2, 0) is 4.74 Å². The molecule has 0 bridgehead atoms. The van der Waals surface area contributed by atoms with Crippen molar-refractivity contribution in [3.05, 3.63) is 41.2 Å². The van der Waals surface area contributed by atoms with Crippen LogP contribution in [0.1, 0.15) is 36.8 Å². The number of Topliss-reactive ketones (excluding diaryl/α,β-unsaturated/α-hetero) is 1. The molecule has 1 heterocycles. The summed E-state index contributed by atoms with van der Waals surface area (Å²) < 4.78 is 5.27. The Morgan fingerprint density at radius 2 is 1.93 bits per heavy atom. The number of nitriles is 1. The van der Waals surface area contributed by atoms with E-state index in [0.717, 1.165) is 10.9 Å². The Morgan fingerprint density at radius 1 is 1.26 bits per heavy atom. The molecule has 0 spiro atoms. The summed E-state index contributed by atoms with van der Waals surface area (Å²) in [5, 5.41) is 12.8. The summed E-state index contributed by atoms with van der Waals surface area (Å²) >= 11 is 0. The van der Waals surface area contributed by atoms with Crippen molar-refractivity contribution in [2.24, 2.45) is 0 Å². The van der Waals surface area contributed by atoms with E-state index in [2.05, 4.69) is 10.3 Å². The fraction of sp³-hybridized carbons (Fsp3) is 0.350. The number of benzene rings is 1. The second-order valence-electron chi connectivity index (χ2n) is 7.51. The van der Waals surface area contributed by atoms with Gasteiger partial charge in [-0.05, 0) is 51.5 Å². The molecule has 1 aromatic heterocycles.